The minimum absolute atomic E-state index is 0.623. The second-order valence-corrected chi connectivity index (χ2v) is 12.4. The second-order valence-electron chi connectivity index (χ2n) is 12.4. The van der Waals surface area contributed by atoms with Crippen molar-refractivity contribution < 1.29 is 4.42 Å². The van der Waals surface area contributed by atoms with Crippen LogP contribution in [0.15, 0.2) is 168 Å². The third-order valence-corrected chi connectivity index (χ3v) is 9.53. The molecule has 0 saturated heterocycles. The number of hydrogen-bond donors (Lipinski definition) is 0. The van der Waals surface area contributed by atoms with Crippen molar-refractivity contribution in [1.82, 2.24) is 15.0 Å². The summed E-state index contributed by atoms with van der Waals surface area (Å²) in [7, 11) is 0. The van der Waals surface area contributed by atoms with Crippen LogP contribution in [-0.4, -0.2) is 15.0 Å². The lowest BCUT2D eigenvalue weighted by molar-refractivity contribution is 0.672. The Morgan fingerprint density at radius 2 is 0.918 bits per heavy atom. The monoisotopic (exact) mass is 625 g/mol. The zero-order chi connectivity index (χ0) is 32.3. The first-order valence-electron chi connectivity index (χ1n) is 16.4. The van der Waals surface area contributed by atoms with E-state index in [1.165, 1.54) is 21.9 Å². The molecule has 0 unspecified atom stereocenters. The molecule has 49 heavy (non-hydrogen) atoms. The summed E-state index contributed by atoms with van der Waals surface area (Å²) < 4.78 is 6.33. The predicted molar refractivity (Wildman–Crippen MR) is 201 cm³/mol. The highest BCUT2D eigenvalue weighted by atomic mass is 16.3. The van der Waals surface area contributed by atoms with Crippen molar-refractivity contribution in [2.75, 3.05) is 0 Å². The number of para-hydroxylation sites is 1. The molecule has 0 aliphatic heterocycles. The summed E-state index contributed by atoms with van der Waals surface area (Å²) in [5.74, 6) is 1.89. The van der Waals surface area contributed by atoms with Crippen LogP contribution in [0.25, 0.3) is 99.5 Å². The zero-order valence-corrected chi connectivity index (χ0v) is 26.3. The second kappa shape index (κ2) is 11.0. The van der Waals surface area contributed by atoms with E-state index in [1.54, 1.807) is 0 Å². The Hall–Kier alpha value is -6.65. The van der Waals surface area contributed by atoms with E-state index in [9.17, 15) is 0 Å². The van der Waals surface area contributed by atoms with Crippen molar-refractivity contribution in [3.63, 3.8) is 0 Å². The highest BCUT2D eigenvalue weighted by Gasteiger charge is 2.17. The largest absolute Gasteiger partial charge is 0.455 e. The van der Waals surface area contributed by atoms with E-state index in [0.717, 1.165) is 60.2 Å². The summed E-state index contributed by atoms with van der Waals surface area (Å²) in [4.78, 5) is 15.3. The molecule has 2 aromatic heterocycles. The van der Waals surface area contributed by atoms with Crippen molar-refractivity contribution in [2.24, 2.45) is 0 Å². The zero-order valence-electron chi connectivity index (χ0n) is 26.3. The molecule has 0 bridgehead atoms. The Morgan fingerprint density at radius 1 is 0.327 bits per heavy atom. The van der Waals surface area contributed by atoms with Crippen molar-refractivity contribution in [3.05, 3.63) is 164 Å². The number of nitrogens with zero attached hydrogens (tertiary/aromatic N) is 3. The quantitative estimate of drug-likeness (QED) is 0.195. The molecule has 0 N–H and O–H groups in total. The number of aromatic nitrogens is 3. The molecule has 10 rings (SSSR count). The van der Waals surface area contributed by atoms with Crippen LogP contribution in [0.1, 0.15) is 0 Å². The van der Waals surface area contributed by atoms with E-state index in [4.69, 9.17) is 19.4 Å². The molecule has 228 valence electrons. The van der Waals surface area contributed by atoms with Gasteiger partial charge >= 0.3 is 0 Å². The summed E-state index contributed by atoms with van der Waals surface area (Å²) in [6.45, 7) is 0. The van der Waals surface area contributed by atoms with Gasteiger partial charge in [0.25, 0.3) is 0 Å². The lowest BCUT2D eigenvalue weighted by atomic mass is 9.92. The predicted octanol–water partition coefficient (Wildman–Crippen LogP) is 11.9. The third-order valence-electron chi connectivity index (χ3n) is 9.53. The molecule has 10 aromatic rings. The summed E-state index contributed by atoms with van der Waals surface area (Å²) in [5, 5.41) is 9.06. The molecular weight excluding hydrogens is 599 g/mol. The van der Waals surface area contributed by atoms with Gasteiger partial charge in [-0.05, 0) is 62.3 Å². The first-order chi connectivity index (χ1) is 24.3. The Bertz CT molecular complexity index is 2890. The van der Waals surface area contributed by atoms with Gasteiger partial charge in [0, 0.05) is 32.8 Å². The van der Waals surface area contributed by atoms with Crippen LogP contribution in [0.5, 0.6) is 0 Å². The van der Waals surface area contributed by atoms with Gasteiger partial charge in [0.1, 0.15) is 11.2 Å². The molecule has 4 nitrogen and oxygen atoms in total. The van der Waals surface area contributed by atoms with Gasteiger partial charge in [0.05, 0.1) is 0 Å². The molecule has 0 aliphatic rings. The average molecular weight is 626 g/mol. The van der Waals surface area contributed by atoms with E-state index in [0.29, 0.717) is 17.5 Å². The molecule has 0 amide bonds. The van der Waals surface area contributed by atoms with Gasteiger partial charge in [-0.2, -0.15) is 0 Å². The smallest absolute Gasteiger partial charge is 0.164 e. The highest BCUT2D eigenvalue weighted by molar-refractivity contribution is 6.15. The summed E-state index contributed by atoms with van der Waals surface area (Å²) in [6, 6.07) is 56.9. The van der Waals surface area contributed by atoms with Crippen LogP contribution in [-0.2, 0) is 0 Å². The van der Waals surface area contributed by atoms with Gasteiger partial charge in [0.2, 0.25) is 0 Å². The minimum Gasteiger partial charge on any atom is -0.455 e. The lowest BCUT2D eigenvalue weighted by Gasteiger charge is -2.14. The molecule has 0 aliphatic carbocycles. The van der Waals surface area contributed by atoms with Gasteiger partial charge in [0.15, 0.2) is 17.5 Å². The molecular formula is C45H27N3O. The van der Waals surface area contributed by atoms with Gasteiger partial charge in [-0.3, -0.25) is 0 Å². The van der Waals surface area contributed by atoms with Crippen LogP contribution >= 0.6 is 0 Å². The fourth-order valence-corrected chi connectivity index (χ4v) is 7.19. The minimum atomic E-state index is 0.623. The molecule has 0 saturated carbocycles. The Labute approximate surface area is 282 Å². The van der Waals surface area contributed by atoms with Gasteiger partial charge in [-0.15, -0.1) is 0 Å². The van der Waals surface area contributed by atoms with Gasteiger partial charge < -0.3 is 4.42 Å². The molecule has 0 radical (unpaired) electrons. The van der Waals surface area contributed by atoms with Crippen molar-refractivity contribution in [2.45, 2.75) is 0 Å². The number of furan rings is 1. The van der Waals surface area contributed by atoms with Crippen molar-refractivity contribution in [3.8, 4) is 45.3 Å². The average Bonchev–Trinajstić information content (AvgIpc) is 3.56. The summed E-state index contributed by atoms with van der Waals surface area (Å²) in [6.07, 6.45) is 0. The normalized spacial score (nSPS) is 11.7. The molecule has 0 atom stereocenters. The number of fused-ring (bicyclic) bond motifs is 7. The van der Waals surface area contributed by atoms with E-state index in [-0.39, 0.29) is 0 Å². The van der Waals surface area contributed by atoms with Crippen LogP contribution in [0, 0.1) is 0 Å². The summed E-state index contributed by atoms with van der Waals surface area (Å²) in [5.41, 5.74) is 6.99. The molecule has 4 heteroatoms. The Balaban J connectivity index is 1.17. The molecule has 8 aromatic carbocycles. The number of benzene rings is 8. The lowest BCUT2D eigenvalue weighted by Crippen LogP contribution is -2.00. The molecule has 0 fully saturated rings. The number of rotatable bonds is 4. The Morgan fingerprint density at radius 3 is 1.78 bits per heavy atom. The SMILES string of the molecule is c1ccc(-c2nc(-c3ccc4c(ccc5c6ccccc6oc45)c3)nc(-c3cccc4c(-c5cccc6ccccc56)cccc34)n2)cc1. The van der Waals surface area contributed by atoms with Crippen molar-refractivity contribution >= 4 is 54.3 Å². The standard InChI is InChI=1S/C45H27N3O/c1-2-12-29(13-3-1)43-46-44(31-24-25-33-30(27-31)23-26-39-38-16-6-7-22-41(38)49-42(33)39)48-45(47-43)40-21-10-19-36-35(18-9-20-37(36)40)34-17-8-14-28-11-4-5-15-32(28)34/h1-27H. The van der Waals surface area contributed by atoms with Crippen LogP contribution < -0.4 is 0 Å². The van der Waals surface area contributed by atoms with Gasteiger partial charge in [-0.1, -0.05) is 140 Å². The first-order valence-corrected chi connectivity index (χ1v) is 16.4. The first kappa shape index (κ1) is 27.5. The van der Waals surface area contributed by atoms with Crippen LogP contribution in [0.3, 0.4) is 0 Å². The number of hydrogen-bond acceptors (Lipinski definition) is 4. The van der Waals surface area contributed by atoms with E-state index in [1.807, 2.05) is 48.5 Å². The highest BCUT2D eigenvalue weighted by Crippen LogP contribution is 2.39. The fraction of sp³-hybridized carbons (Fsp3) is 0. The third kappa shape index (κ3) is 4.49. The van der Waals surface area contributed by atoms with E-state index >= 15 is 0 Å². The van der Waals surface area contributed by atoms with Crippen molar-refractivity contribution in [1.29, 1.82) is 0 Å². The molecule has 0 spiro atoms. The fourth-order valence-electron chi connectivity index (χ4n) is 7.19. The van der Waals surface area contributed by atoms with Crippen LogP contribution in [0.2, 0.25) is 0 Å². The van der Waals surface area contributed by atoms with E-state index < -0.39 is 0 Å². The maximum Gasteiger partial charge on any atom is 0.164 e. The van der Waals surface area contributed by atoms with Gasteiger partial charge in [-0.25, -0.2) is 15.0 Å². The topological polar surface area (TPSA) is 51.8 Å². The maximum absolute atomic E-state index is 6.33. The summed E-state index contributed by atoms with van der Waals surface area (Å²) >= 11 is 0. The van der Waals surface area contributed by atoms with Crippen LogP contribution in [0.4, 0.5) is 0 Å². The molecule has 2 heterocycles. The maximum atomic E-state index is 6.33. The van der Waals surface area contributed by atoms with E-state index in [2.05, 4.69) is 115 Å². The Kier molecular flexibility index (Phi) is 6.15.